The fraction of sp³-hybridized carbons (Fsp3) is 0.375. The molecule has 6 nitrogen and oxygen atoms in total. The zero-order valence-corrected chi connectivity index (χ0v) is 8.74. The lowest BCUT2D eigenvalue weighted by atomic mass is 10.1. The second-order valence-corrected chi connectivity index (χ2v) is 3.79. The lowest BCUT2D eigenvalue weighted by molar-refractivity contribution is 0.0699. The standard InChI is InChI=1S/C8H10N4O2S/c13-8(11-14)6-3-9-7-4-12(15)2-1-5(7)10-6/h3,14-15H,1-2,4H2,(H,11,13). The van der Waals surface area contributed by atoms with Gasteiger partial charge in [0, 0.05) is 13.0 Å². The van der Waals surface area contributed by atoms with Crippen LogP contribution < -0.4 is 5.48 Å². The van der Waals surface area contributed by atoms with Gasteiger partial charge in [-0.2, -0.15) is 0 Å². The Kier molecular flexibility index (Phi) is 2.85. The Morgan fingerprint density at radius 1 is 1.60 bits per heavy atom. The van der Waals surface area contributed by atoms with E-state index in [1.807, 2.05) is 4.31 Å². The molecule has 0 atom stereocenters. The number of carbonyl (C=O) groups excluding carboxylic acids is 1. The molecular formula is C8H10N4O2S. The van der Waals surface area contributed by atoms with Crippen LogP contribution >= 0.6 is 12.8 Å². The molecule has 0 saturated heterocycles. The number of thiol groups is 1. The van der Waals surface area contributed by atoms with Crippen molar-refractivity contribution in [2.45, 2.75) is 13.0 Å². The highest BCUT2D eigenvalue weighted by atomic mass is 32.1. The molecule has 1 amide bonds. The van der Waals surface area contributed by atoms with Crippen molar-refractivity contribution in [1.29, 1.82) is 0 Å². The summed E-state index contributed by atoms with van der Waals surface area (Å²) in [4.78, 5) is 19.3. The first-order valence-electron chi connectivity index (χ1n) is 4.43. The molecular weight excluding hydrogens is 216 g/mol. The molecule has 80 valence electrons. The van der Waals surface area contributed by atoms with Crippen molar-refractivity contribution in [3.63, 3.8) is 0 Å². The quantitative estimate of drug-likeness (QED) is 0.351. The number of aromatic nitrogens is 2. The van der Waals surface area contributed by atoms with Crippen LogP contribution in [0.5, 0.6) is 0 Å². The van der Waals surface area contributed by atoms with E-state index in [1.165, 1.54) is 11.7 Å². The molecule has 2 N–H and O–H groups in total. The third-order valence-electron chi connectivity index (χ3n) is 2.20. The number of nitrogens with zero attached hydrogens (tertiary/aromatic N) is 3. The molecule has 1 aliphatic rings. The van der Waals surface area contributed by atoms with Crippen LogP contribution in [0.4, 0.5) is 0 Å². The van der Waals surface area contributed by atoms with Gasteiger partial charge in [-0.15, -0.1) is 0 Å². The smallest absolute Gasteiger partial charge is 0.288 e. The SMILES string of the molecule is O=C(NO)c1cnc2c(n1)CCN(S)C2. The Morgan fingerprint density at radius 3 is 3.13 bits per heavy atom. The predicted octanol–water partition coefficient (Wildman–Crippen LogP) is -0.201. The number of hydrogen-bond acceptors (Lipinski definition) is 6. The summed E-state index contributed by atoms with van der Waals surface area (Å²) in [7, 11) is 0. The van der Waals surface area contributed by atoms with Gasteiger partial charge in [-0.05, 0) is 0 Å². The highest BCUT2D eigenvalue weighted by molar-refractivity contribution is 7.77. The molecule has 2 rings (SSSR count). The van der Waals surface area contributed by atoms with Crippen LogP contribution in [0.2, 0.25) is 0 Å². The third-order valence-corrected chi connectivity index (χ3v) is 2.55. The molecule has 0 aromatic carbocycles. The van der Waals surface area contributed by atoms with E-state index in [0.29, 0.717) is 13.0 Å². The van der Waals surface area contributed by atoms with Gasteiger partial charge in [0.15, 0.2) is 0 Å². The maximum atomic E-state index is 11.1. The molecule has 0 radical (unpaired) electrons. The number of hydroxylamine groups is 1. The third kappa shape index (κ3) is 2.09. The molecule has 1 aromatic rings. The minimum atomic E-state index is -0.640. The average molecular weight is 226 g/mol. The van der Waals surface area contributed by atoms with Crippen LogP contribution in [0.1, 0.15) is 21.9 Å². The van der Waals surface area contributed by atoms with E-state index in [4.69, 9.17) is 5.21 Å². The number of hydrogen-bond donors (Lipinski definition) is 3. The van der Waals surface area contributed by atoms with E-state index < -0.39 is 5.91 Å². The Labute approximate surface area is 91.8 Å². The van der Waals surface area contributed by atoms with Crippen LogP contribution in [0.3, 0.4) is 0 Å². The Bertz CT molecular complexity index is 398. The number of carbonyl (C=O) groups is 1. The van der Waals surface area contributed by atoms with Crippen LogP contribution in [0.25, 0.3) is 0 Å². The van der Waals surface area contributed by atoms with Crippen molar-refractivity contribution in [3.05, 3.63) is 23.3 Å². The summed E-state index contributed by atoms with van der Waals surface area (Å²) in [6.07, 6.45) is 2.05. The number of amides is 1. The Hall–Kier alpha value is -1.18. The van der Waals surface area contributed by atoms with Crippen molar-refractivity contribution < 1.29 is 10.0 Å². The van der Waals surface area contributed by atoms with Crippen LogP contribution in [-0.2, 0) is 13.0 Å². The fourth-order valence-electron chi connectivity index (χ4n) is 1.44. The first-order valence-corrected chi connectivity index (χ1v) is 4.83. The normalized spacial score (nSPS) is 15.9. The molecule has 0 bridgehead atoms. The monoisotopic (exact) mass is 226 g/mol. The molecule has 0 fully saturated rings. The number of rotatable bonds is 1. The van der Waals surface area contributed by atoms with Gasteiger partial charge in [0.1, 0.15) is 5.69 Å². The molecule has 15 heavy (non-hydrogen) atoms. The van der Waals surface area contributed by atoms with E-state index >= 15 is 0 Å². The molecule has 0 unspecified atom stereocenters. The number of nitrogens with one attached hydrogen (secondary N) is 1. The summed E-state index contributed by atoms with van der Waals surface area (Å²) in [6, 6.07) is 0. The molecule has 1 aliphatic heterocycles. The summed E-state index contributed by atoms with van der Waals surface area (Å²) >= 11 is 4.22. The zero-order chi connectivity index (χ0) is 10.8. The molecule has 0 aliphatic carbocycles. The van der Waals surface area contributed by atoms with Crippen LogP contribution in [0, 0.1) is 0 Å². The molecule has 0 saturated carbocycles. The highest BCUT2D eigenvalue weighted by Crippen LogP contribution is 2.16. The van der Waals surface area contributed by atoms with Crippen molar-refractivity contribution in [3.8, 4) is 0 Å². The Morgan fingerprint density at radius 2 is 2.40 bits per heavy atom. The highest BCUT2D eigenvalue weighted by Gasteiger charge is 2.18. The molecule has 7 heteroatoms. The van der Waals surface area contributed by atoms with Gasteiger partial charge < -0.3 is 0 Å². The summed E-state index contributed by atoms with van der Waals surface area (Å²) < 4.78 is 1.84. The summed E-state index contributed by atoms with van der Waals surface area (Å²) in [5.41, 5.74) is 3.28. The second-order valence-electron chi connectivity index (χ2n) is 3.23. The maximum Gasteiger partial charge on any atom is 0.294 e. The fourth-order valence-corrected chi connectivity index (χ4v) is 1.67. The summed E-state index contributed by atoms with van der Waals surface area (Å²) in [6.45, 7) is 1.39. The average Bonchev–Trinajstić information content (AvgIpc) is 2.27. The van der Waals surface area contributed by atoms with E-state index in [0.717, 1.165) is 17.9 Å². The van der Waals surface area contributed by atoms with Gasteiger partial charge in [-0.25, -0.2) is 14.8 Å². The molecule has 0 spiro atoms. The van der Waals surface area contributed by atoms with Crippen molar-refractivity contribution >= 4 is 18.7 Å². The van der Waals surface area contributed by atoms with Crippen molar-refractivity contribution in [1.82, 2.24) is 19.8 Å². The van der Waals surface area contributed by atoms with Gasteiger partial charge >= 0.3 is 0 Å². The number of fused-ring (bicyclic) bond motifs is 1. The maximum absolute atomic E-state index is 11.1. The Balaban J connectivity index is 2.30. The minimum Gasteiger partial charge on any atom is -0.288 e. The zero-order valence-electron chi connectivity index (χ0n) is 7.84. The van der Waals surface area contributed by atoms with E-state index in [9.17, 15) is 4.79 Å². The van der Waals surface area contributed by atoms with Crippen molar-refractivity contribution in [2.75, 3.05) is 6.54 Å². The van der Waals surface area contributed by atoms with Gasteiger partial charge in [0.25, 0.3) is 5.91 Å². The molecule has 1 aromatic heterocycles. The van der Waals surface area contributed by atoms with Gasteiger partial charge in [0.05, 0.1) is 24.1 Å². The van der Waals surface area contributed by atoms with Crippen molar-refractivity contribution in [2.24, 2.45) is 0 Å². The lowest BCUT2D eigenvalue weighted by Crippen LogP contribution is -2.27. The summed E-state index contributed by atoms with van der Waals surface area (Å²) in [5.74, 6) is -0.640. The van der Waals surface area contributed by atoms with E-state index in [2.05, 4.69) is 22.8 Å². The first kappa shape index (κ1) is 10.3. The van der Waals surface area contributed by atoms with Crippen LogP contribution in [-0.4, -0.2) is 31.9 Å². The van der Waals surface area contributed by atoms with E-state index in [-0.39, 0.29) is 5.69 Å². The van der Waals surface area contributed by atoms with E-state index in [1.54, 1.807) is 0 Å². The van der Waals surface area contributed by atoms with Gasteiger partial charge in [-0.3, -0.25) is 15.0 Å². The minimum absolute atomic E-state index is 0.129. The largest absolute Gasteiger partial charge is 0.294 e. The second kappa shape index (κ2) is 4.13. The topological polar surface area (TPSA) is 78.3 Å². The predicted molar refractivity (Wildman–Crippen MR) is 54.4 cm³/mol. The van der Waals surface area contributed by atoms with Gasteiger partial charge in [-0.1, -0.05) is 12.8 Å². The van der Waals surface area contributed by atoms with Crippen LogP contribution in [0.15, 0.2) is 6.20 Å². The lowest BCUT2D eigenvalue weighted by Gasteiger charge is -2.21. The summed E-state index contributed by atoms with van der Waals surface area (Å²) in [5, 5.41) is 8.45. The first-order chi connectivity index (χ1) is 7.20. The van der Waals surface area contributed by atoms with Gasteiger partial charge in [0.2, 0.25) is 0 Å². The molecule has 2 heterocycles.